The second-order valence-corrected chi connectivity index (χ2v) is 5.92. The Bertz CT molecular complexity index is 338. The Hall–Kier alpha value is -0.370. The number of hydrogen-bond acceptors (Lipinski definition) is 4. The lowest BCUT2D eigenvalue weighted by Crippen LogP contribution is -2.01. The highest BCUT2D eigenvalue weighted by Gasteiger charge is 2.29. The van der Waals surface area contributed by atoms with Crippen LogP contribution in [0, 0.1) is 0 Å². The average Bonchev–Trinajstić information content (AvgIpc) is 2.79. The standard InChI is InChI=1S/C12H21O4P/c1-3-15-17(14,16-4-2)12(10-13)9-11-7-5-6-8-11/h13H,3-8,10H2,1-2H3. The fraction of sp³-hybridized carbons (Fsp3) is 0.750. The zero-order valence-electron chi connectivity index (χ0n) is 10.6. The minimum atomic E-state index is -3.35. The molecule has 0 atom stereocenters. The monoisotopic (exact) mass is 260 g/mol. The van der Waals surface area contributed by atoms with Gasteiger partial charge in [0.2, 0.25) is 0 Å². The molecule has 1 rings (SSSR count). The van der Waals surface area contributed by atoms with Gasteiger partial charge in [0.15, 0.2) is 0 Å². The van der Waals surface area contributed by atoms with Gasteiger partial charge in [-0.25, -0.2) is 0 Å². The van der Waals surface area contributed by atoms with Crippen molar-refractivity contribution in [1.29, 1.82) is 0 Å². The van der Waals surface area contributed by atoms with E-state index in [1.165, 1.54) is 0 Å². The van der Waals surface area contributed by atoms with Crippen LogP contribution >= 0.6 is 7.60 Å². The van der Waals surface area contributed by atoms with Crippen LogP contribution in [0.25, 0.3) is 0 Å². The molecule has 0 unspecified atom stereocenters. The van der Waals surface area contributed by atoms with E-state index in [2.05, 4.69) is 5.73 Å². The lowest BCUT2D eigenvalue weighted by Gasteiger charge is -2.17. The Kier molecular flexibility index (Phi) is 6.18. The van der Waals surface area contributed by atoms with Gasteiger partial charge in [0.25, 0.3) is 0 Å². The number of aliphatic hydroxyl groups is 1. The summed E-state index contributed by atoms with van der Waals surface area (Å²) in [5.41, 5.74) is 4.15. The van der Waals surface area contributed by atoms with Crippen LogP contribution in [0.1, 0.15) is 39.5 Å². The van der Waals surface area contributed by atoms with Crippen LogP contribution in [0.15, 0.2) is 16.6 Å². The fourth-order valence-electron chi connectivity index (χ4n) is 1.86. The summed E-state index contributed by atoms with van der Waals surface area (Å²) in [6.07, 6.45) is 4.19. The molecule has 0 radical (unpaired) electrons. The van der Waals surface area contributed by atoms with Crippen molar-refractivity contribution in [2.24, 2.45) is 0 Å². The van der Waals surface area contributed by atoms with Crippen LogP contribution in [-0.2, 0) is 13.6 Å². The van der Waals surface area contributed by atoms with Gasteiger partial charge in [0, 0.05) is 0 Å². The summed E-state index contributed by atoms with van der Waals surface area (Å²) in [6.45, 7) is 3.75. The molecule has 1 aliphatic rings. The van der Waals surface area contributed by atoms with E-state index in [-0.39, 0.29) is 25.1 Å². The van der Waals surface area contributed by atoms with E-state index in [9.17, 15) is 9.67 Å². The van der Waals surface area contributed by atoms with E-state index >= 15 is 0 Å². The van der Waals surface area contributed by atoms with Gasteiger partial charge in [-0.3, -0.25) is 4.57 Å². The van der Waals surface area contributed by atoms with Gasteiger partial charge in [-0.2, -0.15) is 0 Å². The molecular formula is C12H21O4P. The summed E-state index contributed by atoms with van der Waals surface area (Å²) in [6, 6.07) is 0. The Labute approximate surface area is 103 Å². The van der Waals surface area contributed by atoms with Crippen LogP contribution in [0.4, 0.5) is 0 Å². The second kappa shape index (κ2) is 7.15. The first-order chi connectivity index (χ1) is 8.16. The van der Waals surface area contributed by atoms with E-state index < -0.39 is 7.60 Å². The second-order valence-electron chi connectivity index (χ2n) is 3.87. The first kappa shape index (κ1) is 14.7. The van der Waals surface area contributed by atoms with Crippen molar-refractivity contribution < 1.29 is 18.7 Å². The van der Waals surface area contributed by atoms with Gasteiger partial charge in [0.05, 0.1) is 19.8 Å². The van der Waals surface area contributed by atoms with E-state index in [0.717, 1.165) is 31.3 Å². The van der Waals surface area contributed by atoms with Crippen LogP contribution in [0.5, 0.6) is 0 Å². The first-order valence-corrected chi connectivity index (χ1v) is 7.68. The van der Waals surface area contributed by atoms with Gasteiger partial charge < -0.3 is 14.2 Å². The largest absolute Gasteiger partial charge is 0.391 e. The van der Waals surface area contributed by atoms with Crippen molar-refractivity contribution in [1.82, 2.24) is 0 Å². The molecule has 0 aromatic carbocycles. The highest BCUT2D eigenvalue weighted by Crippen LogP contribution is 2.55. The Morgan fingerprint density at radius 3 is 2.24 bits per heavy atom. The maximum absolute atomic E-state index is 12.4. The molecule has 0 aliphatic heterocycles. The molecule has 0 aromatic rings. The van der Waals surface area contributed by atoms with Crippen LogP contribution in [-0.4, -0.2) is 24.9 Å². The topological polar surface area (TPSA) is 55.8 Å². The molecular weight excluding hydrogens is 239 g/mol. The Morgan fingerprint density at radius 2 is 1.82 bits per heavy atom. The minimum Gasteiger partial charge on any atom is -0.391 e. The van der Waals surface area contributed by atoms with Gasteiger partial charge >= 0.3 is 7.60 Å². The third-order valence-corrected chi connectivity index (χ3v) is 4.72. The summed E-state index contributed by atoms with van der Waals surface area (Å²) < 4.78 is 22.8. The van der Waals surface area contributed by atoms with E-state index in [4.69, 9.17) is 9.05 Å². The molecule has 1 fully saturated rings. The SMILES string of the molecule is CCOP(=O)(OCC)C(=C=C1CCCC1)CO. The van der Waals surface area contributed by atoms with E-state index in [1.807, 2.05) is 0 Å². The molecule has 0 bridgehead atoms. The van der Waals surface area contributed by atoms with Gasteiger partial charge in [-0.05, 0) is 45.1 Å². The van der Waals surface area contributed by atoms with Crippen LogP contribution in [0.2, 0.25) is 0 Å². The van der Waals surface area contributed by atoms with Gasteiger partial charge in [-0.15, -0.1) is 5.73 Å². The van der Waals surface area contributed by atoms with Crippen molar-refractivity contribution in [3.05, 3.63) is 16.6 Å². The average molecular weight is 260 g/mol. The number of rotatable bonds is 6. The van der Waals surface area contributed by atoms with Gasteiger partial charge in [0.1, 0.15) is 5.31 Å². The molecule has 1 saturated carbocycles. The summed E-state index contributed by atoms with van der Waals surface area (Å²) in [4.78, 5) is 0. The van der Waals surface area contributed by atoms with E-state index in [0.29, 0.717) is 0 Å². The molecule has 1 aliphatic carbocycles. The molecule has 98 valence electrons. The summed E-state index contributed by atoms with van der Waals surface area (Å²) in [5.74, 6) is 0. The zero-order chi connectivity index (χ0) is 12.7. The maximum Gasteiger partial charge on any atom is 0.367 e. The van der Waals surface area contributed by atoms with Gasteiger partial charge in [-0.1, -0.05) is 0 Å². The van der Waals surface area contributed by atoms with Crippen molar-refractivity contribution in [3.63, 3.8) is 0 Å². The third-order valence-electron chi connectivity index (χ3n) is 2.61. The normalized spacial score (nSPS) is 16.1. The Morgan fingerprint density at radius 1 is 1.29 bits per heavy atom. The minimum absolute atomic E-state index is 0.262. The van der Waals surface area contributed by atoms with E-state index in [1.54, 1.807) is 13.8 Å². The summed E-state index contributed by atoms with van der Waals surface area (Å²) >= 11 is 0. The molecule has 0 spiro atoms. The molecule has 0 heterocycles. The van der Waals surface area contributed by atoms with Crippen molar-refractivity contribution in [2.45, 2.75) is 39.5 Å². The molecule has 4 nitrogen and oxygen atoms in total. The predicted octanol–water partition coefficient (Wildman–Crippen LogP) is 3.23. The highest BCUT2D eigenvalue weighted by molar-refractivity contribution is 7.58. The zero-order valence-corrected chi connectivity index (χ0v) is 11.5. The molecule has 1 N–H and O–H groups in total. The highest BCUT2D eigenvalue weighted by atomic mass is 31.2. The summed E-state index contributed by atoms with van der Waals surface area (Å²) in [5, 5.41) is 9.59. The van der Waals surface area contributed by atoms with Crippen molar-refractivity contribution in [3.8, 4) is 0 Å². The van der Waals surface area contributed by atoms with Crippen LogP contribution < -0.4 is 0 Å². The maximum atomic E-state index is 12.4. The number of hydrogen-bond donors (Lipinski definition) is 1. The third kappa shape index (κ3) is 4.09. The molecule has 0 amide bonds. The Balaban J connectivity index is 3.04. The molecule has 0 aromatic heterocycles. The summed E-state index contributed by atoms with van der Waals surface area (Å²) in [7, 11) is -3.35. The quantitative estimate of drug-likeness (QED) is 0.588. The van der Waals surface area contributed by atoms with Crippen LogP contribution in [0.3, 0.4) is 0 Å². The predicted molar refractivity (Wildman–Crippen MR) is 67.0 cm³/mol. The fourth-order valence-corrected chi connectivity index (χ4v) is 3.39. The smallest absolute Gasteiger partial charge is 0.367 e. The molecule has 0 saturated heterocycles. The molecule has 17 heavy (non-hydrogen) atoms. The van der Waals surface area contributed by atoms with Crippen molar-refractivity contribution >= 4 is 7.60 Å². The number of aliphatic hydroxyl groups excluding tert-OH is 1. The lowest BCUT2D eigenvalue weighted by molar-refractivity contribution is 0.220. The first-order valence-electron chi connectivity index (χ1n) is 6.14. The lowest BCUT2D eigenvalue weighted by atomic mass is 10.2. The molecule has 5 heteroatoms. The van der Waals surface area contributed by atoms with Crippen molar-refractivity contribution in [2.75, 3.05) is 19.8 Å².